The van der Waals surface area contributed by atoms with E-state index < -0.39 is 38.2 Å². The van der Waals surface area contributed by atoms with Crippen molar-refractivity contribution in [3.63, 3.8) is 0 Å². The number of piperidine rings is 1. The predicted octanol–water partition coefficient (Wildman–Crippen LogP) is 1.86. The molecule has 0 amide bonds. The van der Waals surface area contributed by atoms with Crippen molar-refractivity contribution in [1.29, 1.82) is 0 Å². The van der Waals surface area contributed by atoms with Crippen molar-refractivity contribution in [2.75, 3.05) is 45.2 Å². The number of rotatable bonds is 12. The number of aliphatic hydroxyl groups is 2. The first-order chi connectivity index (χ1) is 20.6. The van der Waals surface area contributed by atoms with Crippen LogP contribution in [0, 0.1) is 0 Å². The molecule has 2 saturated heterocycles. The number of ether oxygens (including phenoxy) is 2. The topological polar surface area (TPSA) is 155 Å². The van der Waals surface area contributed by atoms with E-state index in [4.69, 9.17) is 14.6 Å². The van der Waals surface area contributed by atoms with Gasteiger partial charge >= 0.3 is 0 Å². The van der Waals surface area contributed by atoms with E-state index in [1.807, 2.05) is 18.2 Å². The minimum atomic E-state index is -3.64. The molecule has 3 aromatic rings. The van der Waals surface area contributed by atoms with Crippen LogP contribution in [0.1, 0.15) is 19.3 Å². The fourth-order valence-corrected chi connectivity index (χ4v) is 7.99. The van der Waals surface area contributed by atoms with Gasteiger partial charge in [-0.25, -0.2) is 16.8 Å². The number of benzene rings is 2. The van der Waals surface area contributed by atoms with Crippen molar-refractivity contribution in [3.05, 3.63) is 72.9 Å². The summed E-state index contributed by atoms with van der Waals surface area (Å²) in [5, 5.41) is 22.7. The number of aliphatic hydroxyl groups excluding tert-OH is 2. The van der Waals surface area contributed by atoms with Crippen molar-refractivity contribution >= 4 is 19.9 Å². The summed E-state index contributed by atoms with van der Waals surface area (Å²) in [5.74, 6) is -0.0600. The molecule has 13 heteroatoms. The van der Waals surface area contributed by atoms with Crippen LogP contribution < -0.4 is 10.1 Å². The molecule has 11 nitrogen and oxygen atoms in total. The van der Waals surface area contributed by atoms with Gasteiger partial charge in [-0.15, -0.1) is 0 Å². The van der Waals surface area contributed by atoms with Crippen LogP contribution in [0.15, 0.2) is 82.7 Å². The van der Waals surface area contributed by atoms with Crippen LogP contribution in [0.3, 0.4) is 0 Å². The van der Waals surface area contributed by atoms with E-state index in [0.29, 0.717) is 44.7 Å². The average molecular weight is 632 g/mol. The molecule has 0 bridgehead atoms. The van der Waals surface area contributed by atoms with E-state index in [9.17, 15) is 21.9 Å². The number of hydrogen-bond donors (Lipinski definition) is 3. The molecular formula is C30H37N3O8S2. The van der Waals surface area contributed by atoms with E-state index in [2.05, 4.69) is 10.3 Å². The van der Waals surface area contributed by atoms with Crippen molar-refractivity contribution < 1.29 is 36.5 Å². The number of pyridine rings is 1. The summed E-state index contributed by atoms with van der Waals surface area (Å²) in [6.45, 7) is 0.928. The maximum atomic E-state index is 13.3. The summed E-state index contributed by atoms with van der Waals surface area (Å²) in [6, 6.07) is 18.4. The van der Waals surface area contributed by atoms with Gasteiger partial charge in [-0.2, -0.15) is 4.31 Å². The highest BCUT2D eigenvalue weighted by molar-refractivity contribution is 7.91. The van der Waals surface area contributed by atoms with Gasteiger partial charge in [-0.1, -0.05) is 24.3 Å². The van der Waals surface area contributed by atoms with Gasteiger partial charge in [-0.3, -0.25) is 4.98 Å². The molecular weight excluding hydrogens is 594 g/mol. The minimum absolute atomic E-state index is 0.00361. The van der Waals surface area contributed by atoms with E-state index in [1.165, 1.54) is 16.4 Å². The number of sulfonamides is 1. The third kappa shape index (κ3) is 7.60. The lowest BCUT2D eigenvalue weighted by atomic mass is 9.88. The lowest BCUT2D eigenvalue weighted by molar-refractivity contribution is -0.0312. The lowest BCUT2D eigenvalue weighted by Crippen LogP contribution is -2.47. The summed E-state index contributed by atoms with van der Waals surface area (Å²) in [6.07, 6.45) is 2.73. The van der Waals surface area contributed by atoms with E-state index in [0.717, 1.165) is 11.3 Å². The molecule has 2 aromatic carbocycles. The normalized spacial score (nSPS) is 19.8. The summed E-state index contributed by atoms with van der Waals surface area (Å²) >= 11 is 0. The third-order valence-corrected chi connectivity index (χ3v) is 11.5. The molecule has 2 unspecified atom stereocenters. The lowest BCUT2D eigenvalue weighted by Gasteiger charge is -2.38. The van der Waals surface area contributed by atoms with Crippen LogP contribution in [0.5, 0.6) is 5.75 Å². The second kappa shape index (κ2) is 13.4. The smallest absolute Gasteiger partial charge is 0.243 e. The molecule has 3 N–H and O–H groups in total. The van der Waals surface area contributed by atoms with Crippen LogP contribution in [0.4, 0.5) is 0 Å². The molecule has 0 saturated carbocycles. The highest BCUT2D eigenvalue weighted by Crippen LogP contribution is 2.37. The Kier molecular flexibility index (Phi) is 9.81. The Balaban J connectivity index is 1.07. The van der Waals surface area contributed by atoms with Gasteiger partial charge in [-0.05, 0) is 61.7 Å². The maximum Gasteiger partial charge on any atom is 0.243 e. The molecule has 2 fully saturated rings. The number of aromatic nitrogens is 1. The average Bonchev–Trinajstić information content (AvgIpc) is 3.41. The second-order valence-electron chi connectivity index (χ2n) is 10.9. The number of hydrogen-bond acceptors (Lipinski definition) is 10. The Labute approximate surface area is 252 Å². The second-order valence-corrected chi connectivity index (χ2v) is 15.0. The molecule has 0 radical (unpaired) electrons. The van der Waals surface area contributed by atoms with Gasteiger partial charge in [0.2, 0.25) is 10.0 Å². The van der Waals surface area contributed by atoms with Crippen LogP contribution in [0.2, 0.25) is 0 Å². The predicted molar refractivity (Wildman–Crippen MR) is 160 cm³/mol. The van der Waals surface area contributed by atoms with E-state index in [1.54, 1.807) is 42.6 Å². The first kappa shape index (κ1) is 31.5. The largest absolute Gasteiger partial charge is 0.491 e. The molecule has 0 aliphatic carbocycles. The standard InChI is InChI=1S/C30H37N3O8S2/c34-16-17-42(36,37)28-5-3-4-26(18-28)40-22-25(35)20-32-24-19-30(41-21-24)11-14-33(15-12-30)43(38,39)27-9-7-23(8-10-27)29-6-1-2-13-31-29/h1-10,13,18,24-25,32,34-35H,11-12,14-17,19-22H2. The fourth-order valence-electron chi connectivity index (χ4n) is 5.49. The summed E-state index contributed by atoms with van der Waals surface area (Å²) < 4.78 is 64.3. The zero-order valence-electron chi connectivity index (χ0n) is 23.7. The van der Waals surface area contributed by atoms with Gasteiger partial charge in [0.25, 0.3) is 0 Å². The van der Waals surface area contributed by atoms with Crippen molar-refractivity contribution in [2.45, 2.75) is 46.8 Å². The van der Waals surface area contributed by atoms with Crippen molar-refractivity contribution in [2.24, 2.45) is 0 Å². The summed E-state index contributed by atoms with van der Waals surface area (Å²) in [5.41, 5.74) is 1.23. The first-order valence-corrected chi connectivity index (χ1v) is 17.3. The Morgan fingerprint density at radius 2 is 1.79 bits per heavy atom. The molecule has 3 heterocycles. The van der Waals surface area contributed by atoms with Gasteiger partial charge in [0, 0.05) is 37.4 Å². The maximum absolute atomic E-state index is 13.3. The SMILES string of the molecule is O=S(=O)(CCO)c1cccc(OCC(O)CNC2COC3(CCN(S(=O)(=O)c4ccc(-c5ccccn5)cc4)CC3)C2)c1. The Hall–Kier alpha value is -2.91. The molecule has 232 valence electrons. The Morgan fingerprint density at radius 3 is 2.49 bits per heavy atom. The van der Waals surface area contributed by atoms with Crippen molar-refractivity contribution in [1.82, 2.24) is 14.6 Å². The number of nitrogens with one attached hydrogen (secondary N) is 1. The number of nitrogens with zero attached hydrogens (tertiary/aromatic N) is 2. The van der Waals surface area contributed by atoms with E-state index >= 15 is 0 Å². The quantitative estimate of drug-likeness (QED) is 0.270. The highest BCUT2D eigenvalue weighted by atomic mass is 32.2. The van der Waals surface area contributed by atoms with Crippen LogP contribution in [0.25, 0.3) is 11.3 Å². The molecule has 1 spiro atoms. The minimum Gasteiger partial charge on any atom is -0.491 e. The van der Waals surface area contributed by atoms with Crippen LogP contribution >= 0.6 is 0 Å². The molecule has 2 aliphatic heterocycles. The molecule has 2 aliphatic rings. The van der Waals surface area contributed by atoms with Gasteiger partial charge < -0.3 is 25.0 Å². The summed E-state index contributed by atoms with van der Waals surface area (Å²) in [4.78, 5) is 4.62. The van der Waals surface area contributed by atoms with E-state index in [-0.39, 0.29) is 34.7 Å². The molecule has 43 heavy (non-hydrogen) atoms. The fraction of sp³-hybridized carbons (Fsp3) is 0.433. The zero-order valence-corrected chi connectivity index (χ0v) is 25.3. The van der Waals surface area contributed by atoms with Gasteiger partial charge in [0.1, 0.15) is 18.5 Å². The van der Waals surface area contributed by atoms with Crippen LogP contribution in [-0.4, -0.2) is 99.3 Å². The zero-order chi connectivity index (χ0) is 30.5. The molecule has 5 rings (SSSR count). The molecule has 2 atom stereocenters. The van der Waals surface area contributed by atoms with Gasteiger partial charge in [0.05, 0.1) is 40.1 Å². The highest BCUT2D eigenvalue weighted by Gasteiger charge is 2.44. The Bertz CT molecular complexity index is 1580. The molecule has 1 aromatic heterocycles. The first-order valence-electron chi connectivity index (χ1n) is 14.2. The Morgan fingerprint density at radius 1 is 1.02 bits per heavy atom. The monoisotopic (exact) mass is 631 g/mol. The third-order valence-electron chi connectivity index (χ3n) is 7.90. The van der Waals surface area contributed by atoms with Gasteiger partial charge in [0.15, 0.2) is 9.84 Å². The number of sulfone groups is 1. The van der Waals surface area contributed by atoms with Crippen LogP contribution in [-0.2, 0) is 24.6 Å². The summed E-state index contributed by atoms with van der Waals surface area (Å²) in [7, 11) is -7.24. The van der Waals surface area contributed by atoms with Crippen molar-refractivity contribution in [3.8, 4) is 17.0 Å².